The Morgan fingerprint density at radius 1 is 1.21 bits per heavy atom. The molecule has 1 aliphatic carbocycles. The summed E-state index contributed by atoms with van der Waals surface area (Å²) in [4.78, 5) is 24.2. The number of carbonyl (C=O) groups is 1. The van der Waals surface area contributed by atoms with Gasteiger partial charge in [0, 0.05) is 25.3 Å². The molecule has 5 rings (SSSR count). The predicted molar refractivity (Wildman–Crippen MR) is 145 cm³/mol. The molecule has 3 aromatic rings. The van der Waals surface area contributed by atoms with E-state index in [0.29, 0.717) is 34.1 Å². The topological polar surface area (TPSA) is 109 Å². The fourth-order valence-electron chi connectivity index (χ4n) is 5.44. The molecule has 1 aliphatic heterocycles. The quantitative estimate of drug-likeness (QED) is 0.503. The van der Waals surface area contributed by atoms with Crippen molar-refractivity contribution in [2.24, 2.45) is 0 Å². The van der Waals surface area contributed by atoms with Crippen LogP contribution in [-0.4, -0.2) is 62.9 Å². The highest BCUT2D eigenvalue weighted by Gasteiger charge is 2.40. The van der Waals surface area contributed by atoms with Crippen LogP contribution in [0.1, 0.15) is 59.9 Å². The number of hydrogen-bond acceptors (Lipinski definition) is 7. The number of pyridine rings is 2. The molecule has 0 unspecified atom stereocenters. The number of nitrogens with one attached hydrogen (secondary N) is 1. The number of nitriles is 1. The van der Waals surface area contributed by atoms with E-state index >= 15 is 0 Å². The molecular formula is C29H32FN7O2. The van der Waals surface area contributed by atoms with Crippen LogP contribution in [0.15, 0.2) is 43.4 Å². The lowest BCUT2D eigenvalue weighted by molar-refractivity contribution is 0.00493. The van der Waals surface area contributed by atoms with E-state index in [9.17, 15) is 14.4 Å². The number of anilines is 1. The second kappa shape index (κ2) is 11.0. The van der Waals surface area contributed by atoms with Crippen molar-refractivity contribution in [3.8, 4) is 11.9 Å². The molecule has 2 aliphatic rings. The molecule has 1 saturated carbocycles. The second-order valence-corrected chi connectivity index (χ2v) is 10.3. The first-order valence-corrected chi connectivity index (χ1v) is 13.2. The van der Waals surface area contributed by atoms with Gasteiger partial charge in [-0.05, 0) is 68.9 Å². The molecule has 202 valence electrons. The van der Waals surface area contributed by atoms with Crippen molar-refractivity contribution in [2.45, 2.75) is 51.0 Å². The Hall–Kier alpha value is -3.94. The first-order valence-electron chi connectivity index (χ1n) is 13.2. The molecule has 4 heterocycles. The van der Waals surface area contributed by atoms with Crippen LogP contribution >= 0.6 is 0 Å². The fraction of sp³-hybridized carbons (Fsp3) is 0.414. The van der Waals surface area contributed by atoms with Crippen LogP contribution < -0.4 is 5.32 Å². The van der Waals surface area contributed by atoms with Gasteiger partial charge in [-0.2, -0.15) is 10.4 Å². The molecule has 3 aromatic heterocycles. The molecule has 0 aromatic carbocycles. The number of allylic oxidation sites excluding steroid dienone is 1. The maximum atomic E-state index is 14.7. The number of halogens is 1. The summed E-state index contributed by atoms with van der Waals surface area (Å²) in [5, 5.41) is 17.1. The highest BCUT2D eigenvalue weighted by Crippen LogP contribution is 2.40. The molecule has 1 N–H and O–H groups in total. The van der Waals surface area contributed by atoms with Crippen LogP contribution in [-0.2, 0) is 10.2 Å². The van der Waals surface area contributed by atoms with E-state index in [-0.39, 0.29) is 5.82 Å². The summed E-state index contributed by atoms with van der Waals surface area (Å²) in [6.07, 6.45) is 7.89. The van der Waals surface area contributed by atoms with Gasteiger partial charge in [0.05, 0.1) is 59.7 Å². The largest absolute Gasteiger partial charge is 0.379 e. The van der Waals surface area contributed by atoms with E-state index in [2.05, 4.69) is 37.9 Å². The number of ether oxygens (including phenoxy) is 1. The Balaban J connectivity index is 1.26. The van der Waals surface area contributed by atoms with Gasteiger partial charge in [0.2, 0.25) is 0 Å². The Bertz CT molecular complexity index is 1410. The van der Waals surface area contributed by atoms with Gasteiger partial charge in [-0.1, -0.05) is 6.58 Å². The third kappa shape index (κ3) is 5.33. The summed E-state index contributed by atoms with van der Waals surface area (Å²) in [7, 11) is 0. The Labute approximate surface area is 227 Å². The summed E-state index contributed by atoms with van der Waals surface area (Å²) in [6, 6.07) is 7.96. The molecule has 0 atom stereocenters. The lowest BCUT2D eigenvalue weighted by Crippen LogP contribution is -2.47. The van der Waals surface area contributed by atoms with Crippen LogP contribution in [0, 0.1) is 24.1 Å². The number of nitrogens with zero attached hydrogens (tertiary/aromatic N) is 6. The van der Waals surface area contributed by atoms with Gasteiger partial charge in [-0.3, -0.25) is 14.7 Å². The van der Waals surface area contributed by atoms with Gasteiger partial charge in [0.25, 0.3) is 5.91 Å². The van der Waals surface area contributed by atoms with E-state index in [1.165, 1.54) is 23.1 Å². The highest BCUT2D eigenvalue weighted by molar-refractivity contribution is 6.04. The van der Waals surface area contributed by atoms with Gasteiger partial charge < -0.3 is 10.1 Å². The van der Waals surface area contributed by atoms with E-state index in [1.54, 1.807) is 26.1 Å². The molecule has 1 amide bonds. The zero-order valence-corrected chi connectivity index (χ0v) is 22.3. The zero-order chi connectivity index (χ0) is 27.6. The van der Waals surface area contributed by atoms with E-state index < -0.39 is 17.1 Å². The van der Waals surface area contributed by atoms with E-state index in [0.717, 1.165) is 57.7 Å². The number of rotatable bonds is 6. The SMILES string of the molecule is C=C(C)c1cnc(-n2ncc(C(=O)Nc3ccc(C4(C#N)CCC(N5CCOCC5)CC4)nc3)c2C)c(F)c1. The normalized spacial score (nSPS) is 21.7. The minimum Gasteiger partial charge on any atom is -0.379 e. The van der Waals surface area contributed by atoms with Crippen LogP contribution in [0.25, 0.3) is 11.4 Å². The monoisotopic (exact) mass is 529 g/mol. The summed E-state index contributed by atoms with van der Waals surface area (Å²) in [6.45, 7) is 10.7. The minimum atomic E-state index is -0.625. The smallest absolute Gasteiger partial charge is 0.259 e. The number of aromatic nitrogens is 4. The number of carbonyl (C=O) groups excluding carboxylic acids is 1. The molecular weight excluding hydrogens is 497 g/mol. The Morgan fingerprint density at radius 2 is 1.95 bits per heavy atom. The van der Waals surface area contributed by atoms with Crippen LogP contribution in [0.4, 0.5) is 10.1 Å². The van der Waals surface area contributed by atoms with Crippen LogP contribution in [0.5, 0.6) is 0 Å². The first kappa shape index (κ1) is 26.7. The average molecular weight is 530 g/mol. The molecule has 0 radical (unpaired) electrons. The standard InChI is InChI=1S/C29H32FN7O2/c1-19(2)21-14-25(30)27(33-15-21)37-20(3)24(17-34-37)28(38)35-22-4-5-26(32-16-22)29(18-31)8-6-23(7-9-29)36-10-12-39-13-11-36/h4-5,14-17,23H,1,6-13H2,2-3H3,(H,35,38). The maximum absolute atomic E-state index is 14.7. The summed E-state index contributed by atoms with van der Waals surface area (Å²) in [5.74, 6) is -0.945. The zero-order valence-electron chi connectivity index (χ0n) is 22.3. The number of amides is 1. The average Bonchev–Trinajstić information content (AvgIpc) is 3.34. The highest BCUT2D eigenvalue weighted by atomic mass is 19.1. The number of morpholine rings is 1. The van der Waals surface area contributed by atoms with Crippen molar-refractivity contribution in [3.63, 3.8) is 0 Å². The molecule has 1 saturated heterocycles. The Morgan fingerprint density at radius 3 is 2.56 bits per heavy atom. The van der Waals surface area contributed by atoms with Gasteiger partial charge in [0.15, 0.2) is 11.6 Å². The molecule has 0 spiro atoms. The van der Waals surface area contributed by atoms with E-state index in [1.807, 2.05) is 6.07 Å². The molecule has 2 fully saturated rings. The van der Waals surface area contributed by atoms with Gasteiger partial charge in [-0.25, -0.2) is 14.1 Å². The Kier molecular flexibility index (Phi) is 7.55. The van der Waals surface area contributed by atoms with Crippen molar-refractivity contribution in [1.82, 2.24) is 24.6 Å². The summed E-state index contributed by atoms with van der Waals surface area (Å²) in [5.41, 5.74) is 2.64. The van der Waals surface area contributed by atoms with Crippen molar-refractivity contribution >= 4 is 17.2 Å². The van der Waals surface area contributed by atoms with Gasteiger partial charge in [-0.15, -0.1) is 0 Å². The summed E-state index contributed by atoms with van der Waals surface area (Å²) >= 11 is 0. The van der Waals surface area contributed by atoms with Gasteiger partial charge >= 0.3 is 0 Å². The van der Waals surface area contributed by atoms with Gasteiger partial charge in [0.1, 0.15) is 0 Å². The molecule has 10 heteroatoms. The van der Waals surface area contributed by atoms with E-state index in [4.69, 9.17) is 4.74 Å². The summed E-state index contributed by atoms with van der Waals surface area (Å²) < 4.78 is 21.5. The second-order valence-electron chi connectivity index (χ2n) is 10.3. The first-order chi connectivity index (χ1) is 18.8. The van der Waals surface area contributed by atoms with Crippen molar-refractivity contribution < 1.29 is 13.9 Å². The van der Waals surface area contributed by atoms with Crippen molar-refractivity contribution in [1.29, 1.82) is 5.26 Å². The lowest BCUT2D eigenvalue weighted by atomic mass is 9.71. The lowest BCUT2D eigenvalue weighted by Gasteiger charge is -2.41. The predicted octanol–water partition coefficient (Wildman–Crippen LogP) is 4.43. The van der Waals surface area contributed by atoms with Crippen LogP contribution in [0.3, 0.4) is 0 Å². The molecule has 39 heavy (non-hydrogen) atoms. The fourth-order valence-corrected chi connectivity index (χ4v) is 5.44. The third-order valence-corrected chi connectivity index (χ3v) is 7.87. The molecule has 0 bridgehead atoms. The van der Waals surface area contributed by atoms with Crippen LogP contribution in [0.2, 0.25) is 0 Å². The third-order valence-electron chi connectivity index (χ3n) is 7.87. The molecule has 9 nitrogen and oxygen atoms in total. The van der Waals surface area contributed by atoms with Crippen molar-refractivity contribution in [2.75, 3.05) is 31.6 Å². The number of hydrogen-bond donors (Lipinski definition) is 1. The maximum Gasteiger partial charge on any atom is 0.259 e. The van der Waals surface area contributed by atoms with Crippen molar-refractivity contribution in [3.05, 3.63) is 71.7 Å². The minimum absolute atomic E-state index is 0.00714.